The molecule has 0 saturated heterocycles. The van der Waals surface area contributed by atoms with Crippen molar-refractivity contribution in [3.63, 3.8) is 0 Å². The number of phosphoric ester groups is 2. The highest BCUT2D eigenvalue weighted by molar-refractivity contribution is 7.47. The smallest absolute Gasteiger partial charge is 0.462 e. The molecule has 0 aliphatic heterocycles. The van der Waals surface area contributed by atoms with Crippen LogP contribution in [0, 0.1) is 0 Å². The topological polar surface area (TPSA) is 237 Å². The van der Waals surface area contributed by atoms with Crippen LogP contribution in [-0.4, -0.2) is 96.7 Å². The Balaban J connectivity index is 5.38. The molecule has 19 heteroatoms. The van der Waals surface area contributed by atoms with Crippen LogP contribution in [0.15, 0.2) is 146 Å². The summed E-state index contributed by atoms with van der Waals surface area (Å²) in [6.07, 6.45) is 84.3. The molecule has 0 spiro atoms. The molecule has 5 unspecified atom stereocenters. The Morgan fingerprint density at radius 3 is 0.882 bits per heavy atom. The number of carbonyl (C=O) groups is 4. The molecule has 582 valence electrons. The zero-order valence-electron chi connectivity index (χ0n) is 63.5. The molecule has 0 heterocycles. The third-order valence-corrected chi connectivity index (χ3v) is 17.7. The maximum atomic E-state index is 13.1. The van der Waals surface area contributed by atoms with Gasteiger partial charge in [-0.15, -0.1) is 0 Å². The van der Waals surface area contributed by atoms with Crippen LogP contribution in [0.1, 0.15) is 297 Å². The van der Waals surface area contributed by atoms with Crippen molar-refractivity contribution >= 4 is 39.5 Å². The van der Waals surface area contributed by atoms with Gasteiger partial charge in [-0.05, 0) is 148 Å². The molecule has 0 rings (SSSR count). The summed E-state index contributed by atoms with van der Waals surface area (Å²) in [6.45, 7) is 4.46. The lowest BCUT2D eigenvalue weighted by atomic mass is 10.1. The fourth-order valence-electron chi connectivity index (χ4n) is 9.86. The number of rotatable bonds is 72. The van der Waals surface area contributed by atoms with Crippen molar-refractivity contribution in [3.05, 3.63) is 146 Å². The standard InChI is InChI=1S/C83H138O17P2/c1-5-9-13-17-21-25-29-32-34-36-38-40-42-45-48-51-55-59-63-67-80(85)93-73-78(99-82(87)69-65-61-57-53-47-28-24-20-16-12-8-4)75-97-101(89,90)95-71-77(84)72-96-102(91,92)98-76-79(100-83(88)70-66-62-58-54-50-44-31-27-23-19-15-11-7-3)74-94-81(86)68-64-60-56-52-49-46-43-41-39-37-35-33-30-26-22-18-14-10-6-2/h9-10,13-14,20-22,24-27,31-35,38-41,45,48,55,59,77-79,84H,5-8,11-12,15-19,23,28-30,36-37,42-44,46-47,49-54,56-58,60-76H2,1-4H3,(H,89,90)(H,91,92)/b13-9-,14-10-,24-20-,25-21-,26-22-,31-27-,34-32-,35-33-,40-38-,41-39-,48-45-,59-55-. The fraction of sp³-hybridized carbons (Fsp3) is 0.663. The average molecular weight is 1470 g/mol. The van der Waals surface area contributed by atoms with E-state index < -0.39 is 97.5 Å². The number of ether oxygens (including phenoxy) is 4. The first-order valence-electron chi connectivity index (χ1n) is 39.1. The summed E-state index contributed by atoms with van der Waals surface area (Å²) in [5.41, 5.74) is 0. The summed E-state index contributed by atoms with van der Waals surface area (Å²) in [5.74, 6) is -2.31. The third kappa shape index (κ3) is 73.3. The first kappa shape index (κ1) is 96.9. The van der Waals surface area contributed by atoms with Crippen molar-refractivity contribution < 1.29 is 80.2 Å². The second kappa shape index (κ2) is 74.2. The fourth-order valence-corrected chi connectivity index (χ4v) is 11.4. The molecule has 0 fully saturated rings. The molecule has 0 bridgehead atoms. The zero-order chi connectivity index (χ0) is 74.6. The SMILES string of the molecule is CC/C=C\C/C=C\C/C=C\C/C=C\C/C=C\C/C=C\CCC(=O)OCC(COP(=O)(O)OCC(O)COP(=O)(O)OCC(COC(=O)CCCCCCCC/C=C\C/C=C\C/C=C\C/C=C\CC)OC(=O)CCCCCCC/C=C\CCCCCC)OC(=O)CCCCCCC/C=C\CCCC. The summed E-state index contributed by atoms with van der Waals surface area (Å²) in [6, 6.07) is 0. The van der Waals surface area contributed by atoms with E-state index in [4.69, 9.17) is 37.0 Å². The van der Waals surface area contributed by atoms with Crippen LogP contribution in [0.2, 0.25) is 0 Å². The lowest BCUT2D eigenvalue weighted by Gasteiger charge is -2.21. The Bertz CT molecular complexity index is 2510. The van der Waals surface area contributed by atoms with E-state index in [-0.39, 0.29) is 25.7 Å². The Hall–Kier alpha value is -5.06. The number of aliphatic hydroxyl groups is 1. The molecule has 0 aromatic rings. The molecule has 0 aromatic heterocycles. The van der Waals surface area contributed by atoms with Crippen molar-refractivity contribution in [2.45, 2.75) is 316 Å². The van der Waals surface area contributed by atoms with Crippen LogP contribution < -0.4 is 0 Å². The molecule has 0 amide bonds. The van der Waals surface area contributed by atoms with E-state index in [1.165, 1.54) is 38.5 Å². The quantitative estimate of drug-likeness (QED) is 0.0169. The van der Waals surface area contributed by atoms with E-state index in [9.17, 15) is 43.2 Å². The number of allylic oxidation sites excluding steroid dienone is 24. The van der Waals surface area contributed by atoms with Gasteiger partial charge in [-0.2, -0.15) is 0 Å². The summed E-state index contributed by atoms with van der Waals surface area (Å²) in [7, 11) is -9.98. The van der Waals surface area contributed by atoms with Crippen LogP contribution in [0.3, 0.4) is 0 Å². The van der Waals surface area contributed by atoms with Gasteiger partial charge in [0, 0.05) is 25.7 Å². The first-order valence-corrected chi connectivity index (χ1v) is 42.1. The number of carbonyl (C=O) groups excluding carboxylic acids is 4. The minimum absolute atomic E-state index is 0.0311. The molecule has 0 saturated carbocycles. The molecule has 5 atom stereocenters. The highest BCUT2D eigenvalue weighted by atomic mass is 31.2. The molecule has 102 heavy (non-hydrogen) atoms. The van der Waals surface area contributed by atoms with Gasteiger partial charge in [-0.25, -0.2) is 9.13 Å². The second-order valence-electron chi connectivity index (χ2n) is 25.5. The Kier molecular flexibility index (Phi) is 70.5. The van der Waals surface area contributed by atoms with Crippen molar-refractivity contribution in [3.8, 4) is 0 Å². The van der Waals surface area contributed by atoms with Gasteiger partial charge in [-0.1, -0.05) is 270 Å². The number of unbranched alkanes of at least 4 members (excludes halogenated alkanes) is 22. The predicted molar refractivity (Wildman–Crippen MR) is 417 cm³/mol. The van der Waals surface area contributed by atoms with Gasteiger partial charge in [0.15, 0.2) is 12.2 Å². The normalized spacial score (nSPS) is 14.7. The lowest BCUT2D eigenvalue weighted by Crippen LogP contribution is -2.30. The van der Waals surface area contributed by atoms with Crippen LogP contribution in [0.4, 0.5) is 0 Å². The van der Waals surface area contributed by atoms with Gasteiger partial charge in [-0.3, -0.25) is 37.3 Å². The van der Waals surface area contributed by atoms with Crippen molar-refractivity contribution in [2.75, 3.05) is 39.6 Å². The van der Waals surface area contributed by atoms with Crippen LogP contribution in [0.5, 0.6) is 0 Å². The van der Waals surface area contributed by atoms with Crippen LogP contribution in [0.25, 0.3) is 0 Å². The Labute approximate surface area is 617 Å². The zero-order valence-corrected chi connectivity index (χ0v) is 65.3. The minimum Gasteiger partial charge on any atom is -0.462 e. The lowest BCUT2D eigenvalue weighted by molar-refractivity contribution is -0.161. The van der Waals surface area contributed by atoms with Gasteiger partial charge >= 0.3 is 39.5 Å². The number of hydrogen-bond acceptors (Lipinski definition) is 15. The minimum atomic E-state index is -5.00. The molecular weight excluding hydrogens is 1330 g/mol. The van der Waals surface area contributed by atoms with Gasteiger partial charge < -0.3 is 33.8 Å². The Morgan fingerprint density at radius 2 is 0.539 bits per heavy atom. The summed E-state index contributed by atoms with van der Waals surface area (Å²) in [5, 5.41) is 10.6. The predicted octanol–water partition coefficient (Wildman–Crippen LogP) is 22.7. The highest BCUT2D eigenvalue weighted by Gasteiger charge is 2.30. The first-order chi connectivity index (χ1) is 49.7. The van der Waals surface area contributed by atoms with Crippen LogP contribution in [-0.2, 0) is 65.4 Å². The van der Waals surface area contributed by atoms with E-state index in [1.807, 2.05) is 18.2 Å². The van der Waals surface area contributed by atoms with Crippen molar-refractivity contribution in [1.29, 1.82) is 0 Å². The molecule has 0 aromatic carbocycles. The number of esters is 4. The average Bonchev–Trinajstić information content (AvgIpc) is 0.928. The van der Waals surface area contributed by atoms with Gasteiger partial charge in [0.05, 0.1) is 26.4 Å². The molecule has 0 radical (unpaired) electrons. The third-order valence-electron chi connectivity index (χ3n) is 15.8. The Morgan fingerprint density at radius 1 is 0.284 bits per heavy atom. The number of hydrogen-bond donors (Lipinski definition) is 3. The highest BCUT2D eigenvalue weighted by Crippen LogP contribution is 2.45. The summed E-state index contributed by atoms with van der Waals surface area (Å²) < 4.78 is 68.4. The van der Waals surface area contributed by atoms with E-state index in [2.05, 4.69) is 155 Å². The van der Waals surface area contributed by atoms with Gasteiger partial charge in [0.25, 0.3) is 0 Å². The monoisotopic (exact) mass is 1470 g/mol. The van der Waals surface area contributed by atoms with Gasteiger partial charge in [0.1, 0.15) is 19.3 Å². The second-order valence-corrected chi connectivity index (χ2v) is 28.4. The molecule has 17 nitrogen and oxygen atoms in total. The van der Waals surface area contributed by atoms with E-state index in [1.54, 1.807) is 0 Å². The van der Waals surface area contributed by atoms with Crippen molar-refractivity contribution in [1.82, 2.24) is 0 Å². The molecule has 0 aliphatic carbocycles. The van der Waals surface area contributed by atoms with Gasteiger partial charge in [0.2, 0.25) is 0 Å². The maximum Gasteiger partial charge on any atom is 0.472 e. The summed E-state index contributed by atoms with van der Waals surface area (Å²) in [4.78, 5) is 72.9. The maximum absolute atomic E-state index is 13.1. The van der Waals surface area contributed by atoms with Crippen LogP contribution >= 0.6 is 15.6 Å². The molecule has 0 aliphatic rings. The number of phosphoric acid groups is 2. The van der Waals surface area contributed by atoms with E-state index in [0.717, 1.165) is 173 Å². The molecule has 3 N–H and O–H groups in total. The summed E-state index contributed by atoms with van der Waals surface area (Å²) >= 11 is 0. The largest absolute Gasteiger partial charge is 0.472 e. The van der Waals surface area contributed by atoms with E-state index in [0.29, 0.717) is 32.1 Å². The molecular formula is C83H138O17P2. The number of aliphatic hydroxyl groups excluding tert-OH is 1. The van der Waals surface area contributed by atoms with Crippen molar-refractivity contribution in [2.24, 2.45) is 0 Å². The van der Waals surface area contributed by atoms with E-state index >= 15 is 0 Å².